The van der Waals surface area contributed by atoms with Gasteiger partial charge in [-0.25, -0.2) is 4.79 Å². The fraction of sp³-hybridized carbons (Fsp3) is 0.409. The van der Waals surface area contributed by atoms with Crippen molar-refractivity contribution in [3.63, 3.8) is 0 Å². The number of hydrogen-bond acceptors (Lipinski definition) is 3. The van der Waals surface area contributed by atoms with E-state index in [0.29, 0.717) is 11.6 Å². The van der Waals surface area contributed by atoms with Crippen LogP contribution in [0.15, 0.2) is 48.5 Å². The zero-order valence-electron chi connectivity index (χ0n) is 16.5. The van der Waals surface area contributed by atoms with Crippen LogP contribution in [0.2, 0.25) is 5.02 Å². The standard InChI is InChI=1S/C22H28ClN3O2/c1-3-25-13-11-20(12-14-25)26(16-17-5-4-6-21(15-17)28-2)22(27)24-19-9-7-18(23)8-10-19/h4-10,15,20H,3,11-14,16H2,1-2H3,(H,24,27). The smallest absolute Gasteiger partial charge is 0.322 e. The first-order chi connectivity index (χ1) is 13.6. The van der Waals surface area contributed by atoms with Gasteiger partial charge in [0.05, 0.1) is 7.11 Å². The van der Waals surface area contributed by atoms with Crippen LogP contribution in [-0.2, 0) is 6.54 Å². The Morgan fingerprint density at radius 1 is 1.21 bits per heavy atom. The Morgan fingerprint density at radius 3 is 2.57 bits per heavy atom. The molecule has 2 amide bonds. The Hall–Kier alpha value is -2.24. The number of piperidine rings is 1. The van der Waals surface area contributed by atoms with Crippen molar-refractivity contribution >= 4 is 23.3 Å². The molecule has 2 aromatic rings. The van der Waals surface area contributed by atoms with Gasteiger partial charge >= 0.3 is 6.03 Å². The van der Waals surface area contributed by atoms with Gasteiger partial charge in [0.15, 0.2) is 0 Å². The average Bonchev–Trinajstić information content (AvgIpc) is 2.74. The third-order valence-electron chi connectivity index (χ3n) is 5.29. The van der Waals surface area contributed by atoms with Crippen LogP contribution in [0.25, 0.3) is 0 Å². The largest absolute Gasteiger partial charge is 0.497 e. The zero-order valence-corrected chi connectivity index (χ0v) is 17.3. The van der Waals surface area contributed by atoms with Crippen molar-refractivity contribution in [1.29, 1.82) is 0 Å². The van der Waals surface area contributed by atoms with Gasteiger partial charge in [-0.15, -0.1) is 0 Å². The molecule has 1 aliphatic heterocycles. The summed E-state index contributed by atoms with van der Waals surface area (Å²) < 4.78 is 5.34. The predicted octanol–water partition coefficient (Wildman–Crippen LogP) is 4.87. The normalized spacial score (nSPS) is 15.2. The second-order valence-electron chi connectivity index (χ2n) is 7.08. The Labute approximate surface area is 172 Å². The number of halogens is 1. The van der Waals surface area contributed by atoms with Gasteiger partial charge in [-0.1, -0.05) is 30.7 Å². The second-order valence-corrected chi connectivity index (χ2v) is 7.52. The minimum Gasteiger partial charge on any atom is -0.497 e. The molecule has 1 saturated heterocycles. The maximum atomic E-state index is 13.1. The number of anilines is 1. The minimum absolute atomic E-state index is 0.0832. The summed E-state index contributed by atoms with van der Waals surface area (Å²) in [5.74, 6) is 0.802. The Kier molecular flexibility index (Phi) is 7.18. The van der Waals surface area contributed by atoms with Crippen LogP contribution in [0.1, 0.15) is 25.3 Å². The first-order valence-corrected chi connectivity index (χ1v) is 10.2. The molecule has 1 fully saturated rings. The zero-order chi connectivity index (χ0) is 19.9. The summed E-state index contributed by atoms with van der Waals surface area (Å²) in [5, 5.41) is 3.68. The maximum absolute atomic E-state index is 13.1. The highest BCUT2D eigenvalue weighted by atomic mass is 35.5. The van der Waals surface area contributed by atoms with Gasteiger partial charge in [0.1, 0.15) is 5.75 Å². The van der Waals surface area contributed by atoms with Crippen LogP contribution in [0.4, 0.5) is 10.5 Å². The number of carbonyl (C=O) groups is 1. The summed E-state index contributed by atoms with van der Waals surface area (Å²) in [7, 11) is 1.66. The number of benzene rings is 2. The van der Waals surface area contributed by atoms with Crippen LogP contribution < -0.4 is 10.1 Å². The van der Waals surface area contributed by atoms with Gasteiger partial charge in [0, 0.05) is 36.4 Å². The number of hydrogen-bond donors (Lipinski definition) is 1. The van der Waals surface area contributed by atoms with E-state index in [0.717, 1.165) is 49.5 Å². The fourth-order valence-electron chi connectivity index (χ4n) is 3.61. The van der Waals surface area contributed by atoms with Gasteiger partial charge in [-0.05, 0) is 61.3 Å². The molecule has 0 atom stereocenters. The number of ether oxygens (including phenoxy) is 1. The fourth-order valence-corrected chi connectivity index (χ4v) is 3.74. The van der Waals surface area contributed by atoms with Crippen molar-refractivity contribution in [1.82, 2.24) is 9.80 Å². The molecule has 0 bridgehead atoms. The molecule has 0 aromatic heterocycles. The molecule has 150 valence electrons. The number of nitrogens with zero attached hydrogens (tertiary/aromatic N) is 2. The second kappa shape index (κ2) is 9.80. The molecule has 0 saturated carbocycles. The van der Waals surface area contributed by atoms with Crippen molar-refractivity contribution in [3.8, 4) is 5.75 Å². The van der Waals surface area contributed by atoms with Crippen molar-refractivity contribution in [3.05, 3.63) is 59.1 Å². The van der Waals surface area contributed by atoms with E-state index < -0.39 is 0 Å². The van der Waals surface area contributed by atoms with E-state index in [2.05, 4.69) is 17.1 Å². The third kappa shape index (κ3) is 5.40. The Bertz CT molecular complexity index is 774. The van der Waals surface area contributed by atoms with E-state index >= 15 is 0 Å². The van der Waals surface area contributed by atoms with Gasteiger partial charge < -0.3 is 19.9 Å². The minimum atomic E-state index is -0.0832. The highest BCUT2D eigenvalue weighted by molar-refractivity contribution is 6.30. The van der Waals surface area contributed by atoms with E-state index in [9.17, 15) is 4.79 Å². The van der Waals surface area contributed by atoms with Crippen molar-refractivity contribution in [2.75, 3.05) is 32.1 Å². The van der Waals surface area contributed by atoms with Gasteiger partial charge in [0.2, 0.25) is 0 Å². The van der Waals surface area contributed by atoms with Gasteiger partial charge in [0.25, 0.3) is 0 Å². The lowest BCUT2D eigenvalue weighted by Crippen LogP contribution is -2.48. The van der Waals surface area contributed by atoms with E-state index in [1.54, 1.807) is 19.2 Å². The van der Waals surface area contributed by atoms with Gasteiger partial charge in [-0.2, -0.15) is 0 Å². The van der Waals surface area contributed by atoms with E-state index in [4.69, 9.17) is 16.3 Å². The Morgan fingerprint density at radius 2 is 1.93 bits per heavy atom. The number of urea groups is 1. The number of amides is 2. The van der Waals surface area contributed by atoms with Crippen LogP contribution in [0, 0.1) is 0 Å². The summed E-state index contributed by atoms with van der Waals surface area (Å²) in [6.07, 6.45) is 1.96. The average molecular weight is 402 g/mol. The highest BCUT2D eigenvalue weighted by Gasteiger charge is 2.28. The van der Waals surface area contributed by atoms with Crippen molar-refractivity contribution in [2.24, 2.45) is 0 Å². The summed E-state index contributed by atoms with van der Waals surface area (Å²) in [5.41, 5.74) is 1.81. The molecule has 5 nitrogen and oxygen atoms in total. The van der Waals surface area contributed by atoms with E-state index in [1.165, 1.54) is 0 Å². The maximum Gasteiger partial charge on any atom is 0.322 e. The van der Waals surface area contributed by atoms with Gasteiger partial charge in [-0.3, -0.25) is 0 Å². The quantitative estimate of drug-likeness (QED) is 0.751. The number of rotatable bonds is 6. The SMILES string of the molecule is CCN1CCC(N(Cc2cccc(OC)c2)C(=O)Nc2ccc(Cl)cc2)CC1. The van der Waals surface area contributed by atoms with E-state index in [-0.39, 0.29) is 12.1 Å². The molecule has 0 spiro atoms. The summed E-state index contributed by atoms with van der Waals surface area (Å²) >= 11 is 5.96. The molecule has 0 unspecified atom stereocenters. The molecule has 1 N–H and O–H groups in total. The molecule has 0 radical (unpaired) electrons. The molecule has 1 heterocycles. The number of carbonyl (C=O) groups excluding carboxylic acids is 1. The van der Waals surface area contributed by atoms with Crippen LogP contribution in [0.5, 0.6) is 5.75 Å². The summed E-state index contributed by atoms with van der Waals surface area (Å²) in [6.45, 7) is 5.82. The highest BCUT2D eigenvalue weighted by Crippen LogP contribution is 2.23. The van der Waals surface area contributed by atoms with Crippen LogP contribution in [0.3, 0.4) is 0 Å². The number of likely N-dealkylation sites (tertiary alicyclic amines) is 1. The van der Waals surface area contributed by atoms with Crippen LogP contribution in [-0.4, -0.2) is 48.6 Å². The molecule has 2 aromatic carbocycles. The number of methoxy groups -OCH3 is 1. The van der Waals surface area contributed by atoms with Crippen molar-refractivity contribution in [2.45, 2.75) is 32.4 Å². The number of nitrogens with one attached hydrogen (secondary N) is 1. The predicted molar refractivity (Wildman–Crippen MR) is 114 cm³/mol. The van der Waals surface area contributed by atoms with Crippen molar-refractivity contribution < 1.29 is 9.53 Å². The van der Waals surface area contributed by atoms with Crippen LogP contribution >= 0.6 is 11.6 Å². The lowest BCUT2D eigenvalue weighted by atomic mass is 10.0. The summed E-state index contributed by atoms with van der Waals surface area (Å²) in [6, 6.07) is 15.2. The van der Waals surface area contributed by atoms with E-state index in [1.807, 2.05) is 41.3 Å². The lowest BCUT2D eigenvalue weighted by molar-refractivity contribution is 0.126. The first kappa shape index (κ1) is 20.5. The molecule has 3 rings (SSSR count). The molecule has 1 aliphatic rings. The molecular formula is C22H28ClN3O2. The molecule has 0 aliphatic carbocycles. The summed E-state index contributed by atoms with van der Waals surface area (Å²) in [4.78, 5) is 17.5. The molecule has 6 heteroatoms. The monoisotopic (exact) mass is 401 g/mol. The topological polar surface area (TPSA) is 44.8 Å². The lowest BCUT2D eigenvalue weighted by Gasteiger charge is -2.38. The Balaban J connectivity index is 1.76. The third-order valence-corrected chi connectivity index (χ3v) is 5.54. The molecule has 28 heavy (non-hydrogen) atoms. The molecular weight excluding hydrogens is 374 g/mol. The first-order valence-electron chi connectivity index (χ1n) is 9.77.